The van der Waals surface area contributed by atoms with E-state index >= 15 is 0 Å². The molecule has 1 aliphatic carbocycles. The lowest BCUT2D eigenvalue weighted by molar-refractivity contribution is -0.161. The van der Waals surface area contributed by atoms with Gasteiger partial charge in [-0.05, 0) is 18.3 Å². The lowest BCUT2D eigenvalue weighted by atomic mass is 9.67. The third-order valence-electron chi connectivity index (χ3n) is 3.14. The van der Waals surface area contributed by atoms with Crippen LogP contribution in [0.1, 0.15) is 46.5 Å². The molecule has 2 heteroatoms. The molecule has 2 nitrogen and oxygen atoms in total. The van der Waals surface area contributed by atoms with Gasteiger partial charge in [0.25, 0.3) is 0 Å². The number of hydrogen-bond acceptors (Lipinski definition) is 2. The Balaban J connectivity index is 2.79. The van der Waals surface area contributed by atoms with Crippen LogP contribution in [0, 0.1) is 5.41 Å². The smallest absolute Gasteiger partial charge is 0.0953 e. The summed E-state index contributed by atoms with van der Waals surface area (Å²) in [6.45, 7) is 5.96. The SMILES string of the molecule is CC(C)(C)C1(O)CCCCC1O. The second kappa shape index (κ2) is 3.00. The van der Waals surface area contributed by atoms with Crippen LogP contribution in [-0.2, 0) is 0 Å². The Morgan fingerprint density at radius 3 is 2.17 bits per heavy atom. The van der Waals surface area contributed by atoms with Gasteiger partial charge in [-0.2, -0.15) is 0 Å². The Kier molecular flexibility index (Phi) is 2.50. The first kappa shape index (κ1) is 10.0. The molecule has 0 aromatic rings. The van der Waals surface area contributed by atoms with Crippen LogP contribution >= 0.6 is 0 Å². The van der Waals surface area contributed by atoms with E-state index < -0.39 is 11.7 Å². The van der Waals surface area contributed by atoms with Crippen LogP contribution in [-0.4, -0.2) is 21.9 Å². The van der Waals surface area contributed by atoms with Gasteiger partial charge in [0, 0.05) is 0 Å². The Bertz CT molecular complexity index is 160. The Morgan fingerprint density at radius 1 is 1.25 bits per heavy atom. The highest BCUT2D eigenvalue weighted by Gasteiger charge is 2.46. The standard InChI is InChI=1S/C10H20O2/c1-9(2,3)10(12)7-5-4-6-8(10)11/h8,11-12H,4-7H2,1-3H3. The van der Waals surface area contributed by atoms with Crippen molar-refractivity contribution in [2.75, 3.05) is 0 Å². The van der Waals surface area contributed by atoms with Gasteiger partial charge in [-0.25, -0.2) is 0 Å². The zero-order chi connectivity index (χ0) is 9.41. The quantitative estimate of drug-likeness (QED) is 0.584. The van der Waals surface area contributed by atoms with Crippen molar-refractivity contribution in [3.63, 3.8) is 0 Å². The van der Waals surface area contributed by atoms with E-state index in [1.807, 2.05) is 20.8 Å². The summed E-state index contributed by atoms with van der Waals surface area (Å²) >= 11 is 0. The lowest BCUT2D eigenvalue weighted by Crippen LogP contribution is -2.54. The number of hydrogen-bond donors (Lipinski definition) is 2. The lowest BCUT2D eigenvalue weighted by Gasteiger charge is -2.46. The summed E-state index contributed by atoms with van der Waals surface area (Å²) in [4.78, 5) is 0. The first-order chi connectivity index (χ1) is 5.38. The van der Waals surface area contributed by atoms with Gasteiger partial charge in [-0.3, -0.25) is 0 Å². The van der Waals surface area contributed by atoms with Crippen molar-refractivity contribution in [1.29, 1.82) is 0 Å². The molecule has 0 radical (unpaired) electrons. The normalized spacial score (nSPS) is 38.2. The molecule has 12 heavy (non-hydrogen) atoms. The third kappa shape index (κ3) is 1.50. The van der Waals surface area contributed by atoms with Gasteiger partial charge in [0.2, 0.25) is 0 Å². The predicted molar refractivity (Wildman–Crippen MR) is 48.9 cm³/mol. The van der Waals surface area contributed by atoms with Crippen molar-refractivity contribution >= 4 is 0 Å². The van der Waals surface area contributed by atoms with Crippen LogP contribution in [0.25, 0.3) is 0 Å². The molecule has 2 atom stereocenters. The largest absolute Gasteiger partial charge is 0.390 e. The monoisotopic (exact) mass is 172 g/mol. The van der Waals surface area contributed by atoms with Crippen LogP contribution in [0.4, 0.5) is 0 Å². The molecule has 0 saturated heterocycles. The molecule has 1 aliphatic rings. The molecule has 72 valence electrons. The topological polar surface area (TPSA) is 40.5 Å². The molecular formula is C10H20O2. The molecule has 0 spiro atoms. The third-order valence-corrected chi connectivity index (χ3v) is 3.14. The van der Waals surface area contributed by atoms with Crippen molar-refractivity contribution in [1.82, 2.24) is 0 Å². The molecule has 0 amide bonds. The second-order valence-electron chi connectivity index (χ2n) is 4.94. The van der Waals surface area contributed by atoms with Gasteiger partial charge >= 0.3 is 0 Å². The number of aliphatic hydroxyl groups excluding tert-OH is 1. The fourth-order valence-electron chi connectivity index (χ4n) is 2.01. The zero-order valence-corrected chi connectivity index (χ0v) is 8.30. The minimum atomic E-state index is -0.870. The fourth-order valence-corrected chi connectivity index (χ4v) is 2.01. The average Bonchev–Trinajstić information content (AvgIpc) is 1.93. The van der Waals surface area contributed by atoms with E-state index in [4.69, 9.17) is 0 Å². The van der Waals surface area contributed by atoms with Crippen molar-refractivity contribution < 1.29 is 10.2 Å². The second-order valence-corrected chi connectivity index (χ2v) is 4.94. The highest BCUT2D eigenvalue weighted by Crippen LogP contribution is 2.41. The van der Waals surface area contributed by atoms with Gasteiger partial charge in [0.15, 0.2) is 0 Å². The highest BCUT2D eigenvalue weighted by atomic mass is 16.3. The van der Waals surface area contributed by atoms with Crippen LogP contribution in [0.5, 0.6) is 0 Å². The maximum atomic E-state index is 10.2. The van der Waals surface area contributed by atoms with Gasteiger partial charge in [-0.1, -0.05) is 33.6 Å². The Labute approximate surface area is 74.6 Å². The molecule has 2 N–H and O–H groups in total. The molecule has 0 aromatic carbocycles. The van der Waals surface area contributed by atoms with Gasteiger partial charge in [0.1, 0.15) is 0 Å². The molecule has 1 fully saturated rings. The van der Waals surface area contributed by atoms with E-state index in [0.717, 1.165) is 25.7 Å². The fraction of sp³-hybridized carbons (Fsp3) is 1.00. The van der Waals surface area contributed by atoms with E-state index in [2.05, 4.69) is 0 Å². The van der Waals surface area contributed by atoms with E-state index in [1.165, 1.54) is 0 Å². The summed E-state index contributed by atoms with van der Waals surface area (Å²) in [6.07, 6.45) is 3.02. The van der Waals surface area contributed by atoms with Crippen molar-refractivity contribution in [2.45, 2.75) is 58.2 Å². The van der Waals surface area contributed by atoms with E-state index in [0.29, 0.717) is 0 Å². The average molecular weight is 172 g/mol. The van der Waals surface area contributed by atoms with E-state index in [1.54, 1.807) is 0 Å². The van der Waals surface area contributed by atoms with Crippen molar-refractivity contribution in [2.24, 2.45) is 5.41 Å². The summed E-state index contributed by atoms with van der Waals surface area (Å²) in [5, 5.41) is 19.9. The summed E-state index contributed by atoms with van der Waals surface area (Å²) in [7, 11) is 0. The highest BCUT2D eigenvalue weighted by molar-refractivity contribution is 4.98. The maximum Gasteiger partial charge on any atom is 0.0953 e. The molecule has 1 rings (SSSR count). The molecule has 0 bridgehead atoms. The molecule has 2 unspecified atom stereocenters. The van der Waals surface area contributed by atoms with Gasteiger partial charge in [-0.15, -0.1) is 0 Å². The Morgan fingerprint density at radius 2 is 1.83 bits per heavy atom. The predicted octanol–water partition coefficient (Wildman–Crippen LogP) is 1.70. The van der Waals surface area contributed by atoms with Crippen molar-refractivity contribution in [3.05, 3.63) is 0 Å². The summed E-state index contributed by atoms with van der Waals surface area (Å²) < 4.78 is 0. The van der Waals surface area contributed by atoms with Crippen LogP contribution in [0.3, 0.4) is 0 Å². The summed E-state index contributed by atoms with van der Waals surface area (Å²) in [6, 6.07) is 0. The molecule has 0 aliphatic heterocycles. The van der Waals surface area contributed by atoms with Gasteiger partial charge < -0.3 is 10.2 Å². The summed E-state index contributed by atoms with van der Waals surface area (Å²) in [5.74, 6) is 0. The molecule has 0 heterocycles. The molecular weight excluding hydrogens is 152 g/mol. The first-order valence-corrected chi connectivity index (χ1v) is 4.78. The number of aliphatic hydroxyl groups is 2. The molecule has 0 aromatic heterocycles. The van der Waals surface area contributed by atoms with Crippen LogP contribution in [0.2, 0.25) is 0 Å². The van der Waals surface area contributed by atoms with E-state index in [9.17, 15) is 10.2 Å². The minimum Gasteiger partial charge on any atom is -0.390 e. The minimum absolute atomic E-state index is 0.215. The first-order valence-electron chi connectivity index (χ1n) is 4.78. The van der Waals surface area contributed by atoms with Gasteiger partial charge in [0.05, 0.1) is 11.7 Å². The Hall–Kier alpha value is -0.0800. The van der Waals surface area contributed by atoms with Crippen molar-refractivity contribution in [3.8, 4) is 0 Å². The summed E-state index contributed by atoms with van der Waals surface area (Å²) in [5.41, 5.74) is -1.09. The van der Waals surface area contributed by atoms with Crippen LogP contribution < -0.4 is 0 Å². The zero-order valence-electron chi connectivity index (χ0n) is 8.30. The number of rotatable bonds is 0. The van der Waals surface area contributed by atoms with Crippen LogP contribution in [0.15, 0.2) is 0 Å². The van der Waals surface area contributed by atoms with E-state index in [-0.39, 0.29) is 5.41 Å². The maximum absolute atomic E-state index is 10.2. The molecule has 1 saturated carbocycles.